The molecule has 0 bridgehead atoms. The van der Waals surface area contributed by atoms with Crippen LogP contribution in [0.1, 0.15) is 21.6 Å². The number of benzene rings is 2. The standard InChI is InChI=1S/C21H19N3O3/c1-13-14-8-4-5-9-15(14)22-16(19(13)20(25)27-3)12-24-18-11-7-6-10-17(18)23(2)21(24)26/h4-11H,12H2,1-3H3. The van der Waals surface area contributed by atoms with Crippen LogP contribution < -0.4 is 5.69 Å². The predicted octanol–water partition coefficient (Wildman–Crippen LogP) is 3.03. The summed E-state index contributed by atoms with van der Waals surface area (Å²) in [5.74, 6) is -0.450. The molecule has 6 heteroatoms. The lowest BCUT2D eigenvalue weighted by Crippen LogP contribution is -2.24. The smallest absolute Gasteiger partial charge is 0.340 e. The number of imidazole rings is 1. The summed E-state index contributed by atoms with van der Waals surface area (Å²) in [6, 6.07) is 15.2. The Morgan fingerprint density at radius 3 is 2.48 bits per heavy atom. The van der Waals surface area contributed by atoms with Gasteiger partial charge in [-0.25, -0.2) is 14.6 Å². The molecule has 4 rings (SSSR count). The van der Waals surface area contributed by atoms with Crippen LogP contribution in [0.3, 0.4) is 0 Å². The first kappa shape index (κ1) is 17.0. The summed E-state index contributed by atoms with van der Waals surface area (Å²) in [5, 5.41) is 0.895. The number of carbonyl (C=O) groups is 1. The van der Waals surface area contributed by atoms with Crippen molar-refractivity contribution in [2.24, 2.45) is 7.05 Å². The summed E-state index contributed by atoms with van der Waals surface area (Å²) in [7, 11) is 3.09. The van der Waals surface area contributed by atoms with E-state index in [0.717, 1.165) is 27.5 Å². The molecular formula is C21H19N3O3. The molecule has 0 unspecified atom stereocenters. The Bertz CT molecular complexity index is 1250. The molecule has 2 heterocycles. The zero-order valence-electron chi connectivity index (χ0n) is 15.4. The number of aryl methyl sites for hydroxylation is 2. The third kappa shape index (κ3) is 2.61. The molecular weight excluding hydrogens is 342 g/mol. The van der Waals surface area contributed by atoms with Crippen molar-refractivity contribution in [2.45, 2.75) is 13.5 Å². The van der Waals surface area contributed by atoms with Crippen LogP contribution in [0.15, 0.2) is 53.3 Å². The average molecular weight is 361 g/mol. The molecule has 136 valence electrons. The van der Waals surface area contributed by atoms with E-state index in [9.17, 15) is 9.59 Å². The van der Waals surface area contributed by atoms with E-state index in [0.29, 0.717) is 11.3 Å². The molecule has 27 heavy (non-hydrogen) atoms. The SMILES string of the molecule is COC(=O)c1c(Cn2c(=O)n(C)c3ccccc32)nc2ccccc2c1C. The van der Waals surface area contributed by atoms with Gasteiger partial charge in [0.15, 0.2) is 0 Å². The topological polar surface area (TPSA) is 66.1 Å². The van der Waals surface area contributed by atoms with E-state index < -0.39 is 5.97 Å². The molecule has 0 atom stereocenters. The zero-order chi connectivity index (χ0) is 19.1. The first-order valence-electron chi connectivity index (χ1n) is 8.63. The van der Waals surface area contributed by atoms with Gasteiger partial charge in [0.1, 0.15) is 0 Å². The van der Waals surface area contributed by atoms with Crippen LogP contribution in [0.25, 0.3) is 21.9 Å². The normalized spacial score (nSPS) is 11.2. The van der Waals surface area contributed by atoms with Gasteiger partial charge < -0.3 is 4.74 Å². The van der Waals surface area contributed by atoms with Crippen LogP contribution in [0.4, 0.5) is 0 Å². The highest BCUT2D eigenvalue weighted by atomic mass is 16.5. The first-order chi connectivity index (χ1) is 13.0. The minimum atomic E-state index is -0.450. The summed E-state index contributed by atoms with van der Waals surface area (Å²) >= 11 is 0. The molecule has 2 aromatic carbocycles. The van der Waals surface area contributed by atoms with Crippen molar-refractivity contribution < 1.29 is 9.53 Å². The fourth-order valence-electron chi connectivity index (χ4n) is 3.59. The number of ether oxygens (including phenoxy) is 1. The van der Waals surface area contributed by atoms with E-state index in [1.807, 2.05) is 55.5 Å². The number of rotatable bonds is 3. The number of methoxy groups -OCH3 is 1. The van der Waals surface area contributed by atoms with Crippen LogP contribution >= 0.6 is 0 Å². The van der Waals surface area contributed by atoms with Gasteiger partial charge in [0.2, 0.25) is 0 Å². The van der Waals surface area contributed by atoms with Crippen LogP contribution in [-0.2, 0) is 18.3 Å². The molecule has 0 aliphatic rings. The van der Waals surface area contributed by atoms with Gasteiger partial charge in [0, 0.05) is 12.4 Å². The number of hydrogen-bond acceptors (Lipinski definition) is 4. The molecule has 6 nitrogen and oxygen atoms in total. The number of nitrogens with zero attached hydrogens (tertiary/aromatic N) is 3. The van der Waals surface area contributed by atoms with Crippen LogP contribution in [0.2, 0.25) is 0 Å². The molecule has 2 aromatic heterocycles. The van der Waals surface area contributed by atoms with Crippen molar-refractivity contribution in [3.63, 3.8) is 0 Å². The van der Waals surface area contributed by atoms with E-state index >= 15 is 0 Å². The van der Waals surface area contributed by atoms with Crippen molar-refractivity contribution in [1.29, 1.82) is 0 Å². The number of esters is 1. The van der Waals surface area contributed by atoms with E-state index in [1.54, 1.807) is 16.2 Å². The Morgan fingerprint density at radius 1 is 1.07 bits per heavy atom. The number of fused-ring (bicyclic) bond motifs is 2. The largest absolute Gasteiger partial charge is 0.465 e. The van der Waals surface area contributed by atoms with E-state index in [4.69, 9.17) is 4.74 Å². The second-order valence-corrected chi connectivity index (χ2v) is 6.48. The third-order valence-corrected chi connectivity index (χ3v) is 4.98. The van der Waals surface area contributed by atoms with Gasteiger partial charge in [-0.15, -0.1) is 0 Å². The van der Waals surface area contributed by atoms with E-state index in [1.165, 1.54) is 7.11 Å². The number of aromatic nitrogens is 3. The molecule has 0 amide bonds. The molecule has 4 aromatic rings. The Labute approximate surface area is 155 Å². The summed E-state index contributed by atoms with van der Waals surface area (Å²) in [5.41, 5.74) is 4.00. The maximum atomic E-state index is 12.8. The molecule has 0 aliphatic carbocycles. The molecule has 0 saturated carbocycles. The van der Waals surface area contributed by atoms with Crippen molar-refractivity contribution in [2.75, 3.05) is 7.11 Å². The highest BCUT2D eigenvalue weighted by Gasteiger charge is 2.21. The van der Waals surface area contributed by atoms with Crippen molar-refractivity contribution >= 4 is 27.9 Å². The zero-order valence-corrected chi connectivity index (χ0v) is 15.4. The predicted molar refractivity (Wildman–Crippen MR) is 104 cm³/mol. The number of pyridine rings is 1. The Kier molecular flexibility index (Phi) is 4.03. The monoisotopic (exact) mass is 361 g/mol. The van der Waals surface area contributed by atoms with Gasteiger partial charge in [0.05, 0.1) is 41.5 Å². The van der Waals surface area contributed by atoms with Crippen LogP contribution in [0, 0.1) is 6.92 Å². The van der Waals surface area contributed by atoms with Crippen molar-refractivity contribution in [1.82, 2.24) is 14.1 Å². The number of carbonyl (C=O) groups excluding carboxylic acids is 1. The van der Waals surface area contributed by atoms with Gasteiger partial charge >= 0.3 is 11.7 Å². The lowest BCUT2D eigenvalue weighted by atomic mass is 10.0. The molecule has 0 radical (unpaired) electrons. The Balaban J connectivity index is 1.99. The molecule has 0 saturated heterocycles. The molecule has 0 aliphatic heterocycles. The quantitative estimate of drug-likeness (QED) is 0.526. The van der Waals surface area contributed by atoms with Gasteiger partial charge in [-0.2, -0.15) is 0 Å². The number of hydrogen-bond donors (Lipinski definition) is 0. The lowest BCUT2D eigenvalue weighted by molar-refractivity contribution is 0.0598. The summed E-state index contributed by atoms with van der Waals surface area (Å²) in [6.45, 7) is 2.07. The minimum Gasteiger partial charge on any atom is -0.465 e. The maximum absolute atomic E-state index is 12.8. The minimum absolute atomic E-state index is 0.153. The van der Waals surface area contributed by atoms with E-state index in [-0.39, 0.29) is 12.2 Å². The second-order valence-electron chi connectivity index (χ2n) is 6.48. The Morgan fingerprint density at radius 2 is 1.74 bits per heavy atom. The second kappa shape index (κ2) is 6.39. The van der Waals surface area contributed by atoms with Gasteiger partial charge in [0.25, 0.3) is 0 Å². The van der Waals surface area contributed by atoms with Gasteiger partial charge in [-0.1, -0.05) is 30.3 Å². The average Bonchev–Trinajstić information content (AvgIpc) is 2.93. The summed E-state index contributed by atoms with van der Waals surface area (Å²) in [4.78, 5) is 29.9. The third-order valence-electron chi connectivity index (χ3n) is 4.98. The summed E-state index contributed by atoms with van der Waals surface area (Å²) < 4.78 is 8.23. The van der Waals surface area contributed by atoms with Gasteiger partial charge in [-0.3, -0.25) is 9.13 Å². The van der Waals surface area contributed by atoms with E-state index in [2.05, 4.69) is 4.98 Å². The number of para-hydroxylation sites is 3. The highest BCUT2D eigenvalue weighted by molar-refractivity contribution is 5.98. The molecule has 0 fully saturated rings. The van der Waals surface area contributed by atoms with Crippen LogP contribution in [0.5, 0.6) is 0 Å². The lowest BCUT2D eigenvalue weighted by Gasteiger charge is -2.13. The molecule has 0 N–H and O–H groups in total. The Hall–Kier alpha value is -3.41. The maximum Gasteiger partial charge on any atom is 0.340 e. The fourth-order valence-corrected chi connectivity index (χ4v) is 3.59. The van der Waals surface area contributed by atoms with Crippen molar-refractivity contribution in [3.8, 4) is 0 Å². The summed E-state index contributed by atoms with van der Waals surface area (Å²) in [6.07, 6.45) is 0. The first-order valence-corrected chi connectivity index (χ1v) is 8.63. The fraction of sp³-hybridized carbons (Fsp3) is 0.190. The molecule has 0 spiro atoms. The van der Waals surface area contributed by atoms with Crippen LogP contribution in [-0.4, -0.2) is 27.2 Å². The highest BCUT2D eigenvalue weighted by Crippen LogP contribution is 2.25. The van der Waals surface area contributed by atoms with Crippen molar-refractivity contribution in [3.05, 3.63) is 75.8 Å². The van der Waals surface area contributed by atoms with Gasteiger partial charge in [-0.05, 0) is 30.7 Å².